The second-order valence-electron chi connectivity index (χ2n) is 4.77. The zero-order valence-electron chi connectivity index (χ0n) is 11.4. The number of anilines is 1. The van der Waals surface area contributed by atoms with Gasteiger partial charge in [-0.25, -0.2) is 0 Å². The Balaban J connectivity index is 2.74. The topological polar surface area (TPSA) is 24.9 Å². The van der Waals surface area contributed by atoms with Crippen LogP contribution in [-0.2, 0) is 0 Å². The molecule has 3 heteroatoms. The van der Waals surface area contributed by atoms with Crippen LogP contribution in [0.25, 0.3) is 10.9 Å². The van der Waals surface area contributed by atoms with E-state index in [9.17, 15) is 0 Å². The monoisotopic (exact) mass is 262 g/mol. The number of aryl methyl sites for hydroxylation is 2. The lowest BCUT2D eigenvalue weighted by Gasteiger charge is -2.15. The number of aromatic nitrogens is 1. The highest BCUT2D eigenvalue weighted by Gasteiger charge is 2.11. The van der Waals surface area contributed by atoms with Crippen molar-refractivity contribution in [2.75, 3.05) is 11.9 Å². The van der Waals surface area contributed by atoms with Crippen LogP contribution >= 0.6 is 11.6 Å². The fourth-order valence-corrected chi connectivity index (χ4v) is 2.47. The number of hydrogen-bond acceptors (Lipinski definition) is 2. The van der Waals surface area contributed by atoms with Crippen LogP contribution in [0.2, 0.25) is 5.02 Å². The summed E-state index contributed by atoms with van der Waals surface area (Å²) in [6.45, 7) is 9.32. The van der Waals surface area contributed by atoms with Crippen molar-refractivity contribution in [1.82, 2.24) is 4.98 Å². The van der Waals surface area contributed by atoms with E-state index in [0.29, 0.717) is 0 Å². The van der Waals surface area contributed by atoms with Crippen LogP contribution in [-0.4, -0.2) is 11.5 Å². The van der Waals surface area contributed by atoms with E-state index in [2.05, 4.69) is 37.1 Å². The molecule has 2 aromatic rings. The van der Waals surface area contributed by atoms with Crippen molar-refractivity contribution in [3.8, 4) is 0 Å². The summed E-state index contributed by atoms with van der Waals surface area (Å²) in [5, 5.41) is 5.35. The van der Waals surface area contributed by atoms with Gasteiger partial charge in [0.05, 0.1) is 10.5 Å². The van der Waals surface area contributed by atoms with Gasteiger partial charge in [-0.3, -0.25) is 4.98 Å². The number of hydrogen-bond donors (Lipinski definition) is 1. The van der Waals surface area contributed by atoms with Crippen LogP contribution in [0.5, 0.6) is 0 Å². The van der Waals surface area contributed by atoms with Crippen molar-refractivity contribution >= 4 is 28.2 Å². The van der Waals surface area contributed by atoms with Gasteiger partial charge >= 0.3 is 0 Å². The maximum atomic E-state index is 6.30. The smallest absolute Gasteiger partial charge is 0.0912 e. The van der Waals surface area contributed by atoms with E-state index in [1.807, 2.05) is 13.0 Å². The Labute approximate surface area is 113 Å². The van der Waals surface area contributed by atoms with E-state index in [1.54, 1.807) is 0 Å². The van der Waals surface area contributed by atoms with Crippen LogP contribution in [0.4, 0.5) is 5.69 Å². The molecule has 1 heterocycles. The number of nitrogens with zero attached hydrogens (tertiary/aromatic N) is 1. The van der Waals surface area contributed by atoms with Gasteiger partial charge in [0.25, 0.3) is 0 Å². The maximum absolute atomic E-state index is 6.30. The van der Waals surface area contributed by atoms with Crippen LogP contribution < -0.4 is 5.32 Å². The third-order valence-corrected chi connectivity index (χ3v) is 3.51. The molecule has 0 aliphatic rings. The molecule has 96 valence electrons. The van der Waals surface area contributed by atoms with Crippen LogP contribution in [0.15, 0.2) is 12.1 Å². The quantitative estimate of drug-likeness (QED) is 0.872. The van der Waals surface area contributed by atoms with Gasteiger partial charge in [0.1, 0.15) is 0 Å². The molecule has 0 amide bonds. The van der Waals surface area contributed by atoms with Gasteiger partial charge in [-0.15, -0.1) is 0 Å². The van der Waals surface area contributed by atoms with Crippen molar-refractivity contribution in [3.63, 3.8) is 0 Å². The van der Waals surface area contributed by atoms with Crippen molar-refractivity contribution in [2.45, 2.75) is 34.1 Å². The zero-order chi connectivity index (χ0) is 13.3. The minimum Gasteiger partial charge on any atom is -0.384 e. The van der Waals surface area contributed by atoms with E-state index < -0.39 is 0 Å². The molecule has 0 atom stereocenters. The Kier molecular flexibility index (Phi) is 3.76. The summed E-state index contributed by atoms with van der Waals surface area (Å²) in [6, 6.07) is 4.12. The Morgan fingerprint density at radius 2 is 1.94 bits per heavy atom. The maximum Gasteiger partial charge on any atom is 0.0912 e. The molecule has 0 saturated heterocycles. The summed E-state index contributed by atoms with van der Waals surface area (Å²) in [4.78, 5) is 4.61. The third-order valence-electron chi connectivity index (χ3n) is 3.23. The number of pyridine rings is 1. The Bertz CT molecular complexity index is 591. The molecular weight excluding hydrogens is 244 g/mol. The first kappa shape index (κ1) is 13.2. The van der Waals surface area contributed by atoms with Gasteiger partial charge in [0, 0.05) is 23.3 Å². The zero-order valence-corrected chi connectivity index (χ0v) is 12.2. The molecule has 0 unspecified atom stereocenters. The number of rotatable bonds is 3. The lowest BCUT2D eigenvalue weighted by molar-refractivity contribution is 0.977. The fourth-order valence-electron chi connectivity index (χ4n) is 2.15. The molecule has 2 rings (SSSR count). The first-order valence-electron chi connectivity index (χ1n) is 6.35. The van der Waals surface area contributed by atoms with E-state index in [0.717, 1.165) is 40.1 Å². The van der Waals surface area contributed by atoms with E-state index >= 15 is 0 Å². The molecule has 0 saturated carbocycles. The summed E-state index contributed by atoms with van der Waals surface area (Å²) >= 11 is 6.30. The Morgan fingerprint density at radius 1 is 1.22 bits per heavy atom. The van der Waals surface area contributed by atoms with Crippen molar-refractivity contribution in [2.24, 2.45) is 0 Å². The predicted octanol–water partition coefficient (Wildman–Crippen LogP) is 4.64. The predicted molar refractivity (Wildman–Crippen MR) is 79.7 cm³/mol. The standard InChI is InChI=1S/C15H19ClN2/c1-5-6-17-14-10(3)11(4)18-15-12(14)7-9(2)8-13(15)16/h7-8H,5-6H2,1-4H3,(H,17,18). The molecule has 0 aliphatic heterocycles. The molecule has 0 bridgehead atoms. The number of halogens is 1. The van der Waals surface area contributed by atoms with Crippen molar-refractivity contribution in [3.05, 3.63) is 34.0 Å². The molecule has 1 N–H and O–H groups in total. The molecule has 1 aromatic heterocycles. The average molecular weight is 263 g/mol. The second kappa shape index (κ2) is 5.15. The van der Waals surface area contributed by atoms with E-state index in [-0.39, 0.29) is 0 Å². The summed E-state index contributed by atoms with van der Waals surface area (Å²) < 4.78 is 0. The molecule has 0 spiro atoms. The minimum absolute atomic E-state index is 0.729. The van der Waals surface area contributed by atoms with Gasteiger partial charge in [-0.05, 0) is 50.5 Å². The lowest BCUT2D eigenvalue weighted by Crippen LogP contribution is -2.05. The van der Waals surface area contributed by atoms with Crippen LogP contribution in [0.3, 0.4) is 0 Å². The van der Waals surface area contributed by atoms with Gasteiger partial charge in [-0.2, -0.15) is 0 Å². The highest BCUT2D eigenvalue weighted by molar-refractivity contribution is 6.35. The minimum atomic E-state index is 0.729. The van der Waals surface area contributed by atoms with E-state index in [4.69, 9.17) is 11.6 Å². The van der Waals surface area contributed by atoms with Gasteiger partial charge < -0.3 is 5.32 Å². The Hall–Kier alpha value is -1.28. The average Bonchev–Trinajstić information content (AvgIpc) is 2.31. The van der Waals surface area contributed by atoms with Gasteiger partial charge in [0.2, 0.25) is 0 Å². The number of benzene rings is 1. The summed E-state index contributed by atoms with van der Waals surface area (Å²) in [7, 11) is 0. The largest absolute Gasteiger partial charge is 0.384 e. The molecule has 0 aliphatic carbocycles. The first-order valence-corrected chi connectivity index (χ1v) is 6.73. The van der Waals surface area contributed by atoms with Crippen LogP contribution in [0.1, 0.15) is 30.2 Å². The third kappa shape index (κ3) is 2.30. The molecule has 18 heavy (non-hydrogen) atoms. The molecule has 0 radical (unpaired) electrons. The SMILES string of the molecule is CCCNc1c(C)c(C)nc2c(Cl)cc(C)cc12. The second-order valence-corrected chi connectivity index (χ2v) is 5.17. The molecule has 0 fully saturated rings. The van der Waals surface area contributed by atoms with E-state index in [1.165, 1.54) is 11.3 Å². The highest BCUT2D eigenvalue weighted by atomic mass is 35.5. The normalized spacial score (nSPS) is 10.9. The van der Waals surface area contributed by atoms with Gasteiger partial charge in [0.15, 0.2) is 0 Å². The fraction of sp³-hybridized carbons (Fsp3) is 0.400. The molecule has 1 aromatic carbocycles. The lowest BCUT2D eigenvalue weighted by atomic mass is 10.0. The number of nitrogens with one attached hydrogen (secondary N) is 1. The summed E-state index contributed by atoms with van der Waals surface area (Å²) in [5.41, 5.74) is 5.47. The summed E-state index contributed by atoms with van der Waals surface area (Å²) in [5.74, 6) is 0. The van der Waals surface area contributed by atoms with Gasteiger partial charge in [-0.1, -0.05) is 18.5 Å². The number of fused-ring (bicyclic) bond motifs is 1. The molecule has 2 nitrogen and oxygen atoms in total. The molecular formula is C15H19ClN2. The van der Waals surface area contributed by atoms with Crippen LogP contribution in [0, 0.1) is 20.8 Å². The van der Waals surface area contributed by atoms with Crippen molar-refractivity contribution < 1.29 is 0 Å². The van der Waals surface area contributed by atoms with Crippen molar-refractivity contribution in [1.29, 1.82) is 0 Å². The highest BCUT2D eigenvalue weighted by Crippen LogP contribution is 2.32. The Morgan fingerprint density at radius 3 is 2.61 bits per heavy atom. The summed E-state index contributed by atoms with van der Waals surface area (Å²) in [6.07, 6.45) is 1.10. The first-order chi connectivity index (χ1) is 8.54.